The van der Waals surface area contributed by atoms with Crippen molar-refractivity contribution in [2.75, 3.05) is 18.0 Å². The maximum atomic E-state index is 13.2. The van der Waals surface area contributed by atoms with E-state index >= 15 is 0 Å². The molecule has 0 saturated carbocycles. The van der Waals surface area contributed by atoms with Gasteiger partial charge in [-0.05, 0) is 36.3 Å². The molecule has 0 spiro atoms. The number of carbonyl (C=O) groups is 2. The lowest BCUT2D eigenvalue weighted by atomic mass is 9.97. The van der Waals surface area contributed by atoms with Gasteiger partial charge in [0.15, 0.2) is 0 Å². The SMILES string of the molecule is O=C1c2cc(N3CCCCC3)c3ccccc3c2C(=O)N1Cc1ccccc1. The maximum Gasteiger partial charge on any atom is 0.262 e. The Morgan fingerprint density at radius 1 is 0.750 bits per heavy atom. The molecule has 4 heteroatoms. The molecule has 0 radical (unpaired) electrons. The van der Waals surface area contributed by atoms with E-state index in [1.807, 2.05) is 54.6 Å². The molecule has 2 aliphatic rings. The number of piperidine rings is 1. The second kappa shape index (κ2) is 6.79. The summed E-state index contributed by atoms with van der Waals surface area (Å²) < 4.78 is 0. The van der Waals surface area contributed by atoms with Crippen molar-refractivity contribution in [1.29, 1.82) is 0 Å². The topological polar surface area (TPSA) is 40.6 Å². The summed E-state index contributed by atoms with van der Waals surface area (Å²) >= 11 is 0. The zero-order chi connectivity index (χ0) is 19.1. The van der Waals surface area contributed by atoms with E-state index in [9.17, 15) is 9.59 Å². The van der Waals surface area contributed by atoms with Gasteiger partial charge in [0, 0.05) is 24.2 Å². The molecule has 0 atom stereocenters. The minimum Gasteiger partial charge on any atom is -0.371 e. The lowest BCUT2D eigenvalue weighted by Gasteiger charge is -2.30. The summed E-state index contributed by atoms with van der Waals surface area (Å²) in [6, 6.07) is 19.6. The fraction of sp³-hybridized carbons (Fsp3) is 0.250. The van der Waals surface area contributed by atoms with Crippen molar-refractivity contribution >= 4 is 28.3 Å². The number of hydrogen-bond donors (Lipinski definition) is 0. The summed E-state index contributed by atoms with van der Waals surface area (Å²) in [4.78, 5) is 30.1. The fourth-order valence-electron chi connectivity index (χ4n) is 4.43. The van der Waals surface area contributed by atoms with Crippen molar-refractivity contribution < 1.29 is 9.59 Å². The first kappa shape index (κ1) is 17.0. The number of rotatable bonds is 3. The summed E-state index contributed by atoms with van der Waals surface area (Å²) in [5.41, 5.74) is 3.13. The quantitative estimate of drug-likeness (QED) is 0.631. The van der Waals surface area contributed by atoms with Gasteiger partial charge in [0.05, 0.1) is 17.7 Å². The van der Waals surface area contributed by atoms with Crippen LogP contribution >= 0.6 is 0 Å². The molecule has 5 rings (SSSR count). The third-order valence-electron chi connectivity index (χ3n) is 5.84. The van der Waals surface area contributed by atoms with Gasteiger partial charge in [-0.2, -0.15) is 0 Å². The van der Waals surface area contributed by atoms with Crippen LogP contribution in [0.4, 0.5) is 5.69 Å². The lowest BCUT2D eigenvalue weighted by molar-refractivity contribution is 0.0643. The minimum atomic E-state index is -0.190. The van der Waals surface area contributed by atoms with E-state index in [1.165, 1.54) is 24.2 Å². The summed E-state index contributed by atoms with van der Waals surface area (Å²) in [5, 5.41) is 1.94. The van der Waals surface area contributed by atoms with Crippen molar-refractivity contribution in [3.8, 4) is 0 Å². The van der Waals surface area contributed by atoms with Crippen LogP contribution in [0.25, 0.3) is 10.8 Å². The molecule has 2 heterocycles. The van der Waals surface area contributed by atoms with Crippen LogP contribution in [-0.4, -0.2) is 29.8 Å². The van der Waals surface area contributed by atoms with Crippen molar-refractivity contribution in [2.24, 2.45) is 0 Å². The molecule has 0 aromatic heterocycles. The summed E-state index contributed by atoms with van der Waals surface area (Å²) in [6.07, 6.45) is 3.58. The van der Waals surface area contributed by atoms with Crippen molar-refractivity contribution in [3.63, 3.8) is 0 Å². The molecule has 0 unspecified atom stereocenters. The van der Waals surface area contributed by atoms with E-state index in [4.69, 9.17) is 0 Å². The molecule has 1 fully saturated rings. The van der Waals surface area contributed by atoms with Gasteiger partial charge in [0.1, 0.15) is 0 Å². The minimum absolute atomic E-state index is 0.187. The second-order valence-corrected chi connectivity index (χ2v) is 7.59. The van der Waals surface area contributed by atoms with Gasteiger partial charge < -0.3 is 4.90 Å². The van der Waals surface area contributed by atoms with Crippen molar-refractivity contribution in [2.45, 2.75) is 25.8 Å². The summed E-state index contributed by atoms with van der Waals surface area (Å²) in [6.45, 7) is 2.30. The zero-order valence-corrected chi connectivity index (χ0v) is 15.7. The Morgan fingerprint density at radius 2 is 1.43 bits per heavy atom. The average molecular weight is 370 g/mol. The predicted octanol–water partition coefficient (Wildman–Crippen LogP) is 4.63. The second-order valence-electron chi connectivity index (χ2n) is 7.59. The molecule has 28 heavy (non-hydrogen) atoms. The number of hydrogen-bond acceptors (Lipinski definition) is 3. The average Bonchev–Trinajstić information content (AvgIpc) is 2.99. The monoisotopic (exact) mass is 370 g/mol. The van der Waals surface area contributed by atoms with E-state index in [-0.39, 0.29) is 11.8 Å². The van der Waals surface area contributed by atoms with Gasteiger partial charge in [0.25, 0.3) is 11.8 Å². The normalized spacial score (nSPS) is 16.7. The van der Waals surface area contributed by atoms with Gasteiger partial charge in [-0.25, -0.2) is 0 Å². The Hall–Kier alpha value is -3.14. The molecular weight excluding hydrogens is 348 g/mol. The molecule has 3 aromatic carbocycles. The summed E-state index contributed by atoms with van der Waals surface area (Å²) in [5.74, 6) is -0.377. The molecule has 0 aliphatic carbocycles. The number of benzene rings is 3. The van der Waals surface area contributed by atoms with E-state index in [2.05, 4.69) is 11.0 Å². The highest BCUT2D eigenvalue weighted by atomic mass is 16.2. The van der Waals surface area contributed by atoms with E-state index in [1.54, 1.807) is 0 Å². The fourth-order valence-corrected chi connectivity index (χ4v) is 4.43. The maximum absolute atomic E-state index is 13.2. The van der Waals surface area contributed by atoms with Crippen LogP contribution in [0.15, 0.2) is 60.7 Å². The number of anilines is 1. The third-order valence-corrected chi connectivity index (χ3v) is 5.84. The van der Waals surface area contributed by atoms with Crippen molar-refractivity contribution in [3.05, 3.63) is 77.4 Å². The molecule has 2 amide bonds. The van der Waals surface area contributed by atoms with Gasteiger partial charge in [-0.3, -0.25) is 14.5 Å². The van der Waals surface area contributed by atoms with Crippen LogP contribution in [0.1, 0.15) is 45.5 Å². The van der Waals surface area contributed by atoms with Gasteiger partial charge in [-0.15, -0.1) is 0 Å². The van der Waals surface area contributed by atoms with Crippen LogP contribution in [-0.2, 0) is 6.54 Å². The molecular formula is C24H22N2O2. The van der Waals surface area contributed by atoms with Crippen LogP contribution in [0.3, 0.4) is 0 Å². The number of nitrogens with zero attached hydrogens (tertiary/aromatic N) is 2. The zero-order valence-electron chi connectivity index (χ0n) is 15.7. The van der Waals surface area contributed by atoms with E-state index < -0.39 is 0 Å². The van der Waals surface area contributed by atoms with Crippen LogP contribution in [0.2, 0.25) is 0 Å². The number of carbonyl (C=O) groups excluding carboxylic acids is 2. The number of imide groups is 1. The standard InChI is InChI=1S/C24H22N2O2/c27-23-20-15-21(25-13-7-2-8-14-25)18-11-5-6-12-19(18)22(20)24(28)26(23)16-17-9-3-1-4-10-17/h1,3-6,9-12,15H,2,7-8,13-14,16H2. The highest BCUT2D eigenvalue weighted by Crippen LogP contribution is 2.38. The van der Waals surface area contributed by atoms with Gasteiger partial charge in [-0.1, -0.05) is 54.6 Å². The first-order chi connectivity index (χ1) is 13.7. The Kier molecular flexibility index (Phi) is 4.12. The van der Waals surface area contributed by atoms with Crippen molar-refractivity contribution in [1.82, 2.24) is 4.90 Å². The third kappa shape index (κ3) is 2.68. The number of amides is 2. The Labute approximate surface area is 164 Å². The molecule has 0 bridgehead atoms. The molecule has 3 aromatic rings. The largest absolute Gasteiger partial charge is 0.371 e. The van der Waals surface area contributed by atoms with Gasteiger partial charge in [0.2, 0.25) is 0 Å². The molecule has 4 nitrogen and oxygen atoms in total. The highest BCUT2D eigenvalue weighted by Gasteiger charge is 2.38. The molecule has 2 aliphatic heterocycles. The smallest absolute Gasteiger partial charge is 0.262 e. The van der Waals surface area contributed by atoms with Crippen LogP contribution in [0, 0.1) is 0 Å². The predicted molar refractivity (Wildman–Crippen MR) is 111 cm³/mol. The van der Waals surface area contributed by atoms with E-state index in [0.29, 0.717) is 17.7 Å². The van der Waals surface area contributed by atoms with Crippen LogP contribution < -0.4 is 4.90 Å². The lowest BCUT2D eigenvalue weighted by Crippen LogP contribution is -2.30. The Morgan fingerprint density at radius 3 is 2.18 bits per heavy atom. The number of fused-ring (bicyclic) bond motifs is 3. The molecule has 0 N–H and O–H groups in total. The first-order valence-corrected chi connectivity index (χ1v) is 9.95. The molecule has 1 saturated heterocycles. The van der Waals surface area contributed by atoms with E-state index in [0.717, 1.165) is 35.1 Å². The summed E-state index contributed by atoms with van der Waals surface area (Å²) in [7, 11) is 0. The van der Waals surface area contributed by atoms with Gasteiger partial charge >= 0.3 is 0 Å². The highest BCUT2D eigenvalue weighted by molar-refractivity contribution is 6.27. The first-order valence-electron chi connectivity index (χ1n) is 9.95. The van der Waals surface area contributed by atoms with Crippen LogP contribution in [0.5, 0.6) is 0 Å². The molecule has 140 valence electrons. The Bertz CT molecular complexity index is 1070. The Balaban J connectivity index is 1.62.